The van der Waals surface area contributed by atoms with E-state index >= 15 is 4.39 Å². The SMILES string of the molecule is COc1nc(N(C)C2CCN(C(=O)/C=C/C3CCN3)C2)c2cnc(-c3cccc4ccc(F)c(Cl)c34)c(F)c2n1. The Morgan fingerprint density at radius 2 is 2.05 bits per heavy atom. The van der Waals surface area contributed by atoms with E-state index in [1.54, 1.807) is 35.2 Å². The number of aromatic nitrogens is 3. The summed E-state index contributed by atoms with van der Waals surface area (Å²) < 4.78 is 35.8. The van der Waals surface area contributed by atoms with E-state index in [0.29, 0.717) is 40.6 Å². The Hall–Kier alpha value is -3.89. The lowest BCUT2D eigenvalue weighted by atomic mass is 10.0. The molecular weight excluding hydrogens is 538 g/mol. The predicted octanol–water partition coefficient (Wildman–Crippen LogP) is 4.74. The Morgan fingerprint density at radius 3 is 2.80 bits per heavy atom. The number of pyridine rings is 1. The van der Waals surface area contributed by atoms with Gasteiger partial charge in [-0.1, -0.05) is 41.9 Å². The molecule has 8 nitrogen and oxygen atoms in total. The van der Waals surface area contributed by atoms with E-state index in [-0.39, 0.29) is 40.2 Å². The number of nitrogens with one attached hydrogen (secondary N) is 1. The van der Waals surface area contributed by atoms with Crippen LogP contribution in [-0.4, -0.2) is 71.6 Å². The van der Waals surface area contributed by atoms with Crippen molar-refractivity contribution in [2.45, 2.75) is 24.9 Å². The maximum atomic E-state index is 16.2. The number of amides is 1. The fraction of sp³-hybridized carbons (Fsp3) is 0.310. The molecule has 0 saturated carbocycles. The van der Waals surface area contributed by atoms with Gasteiger partial charge in [0.1, 0.15) is 22.8 Å². The number of likely N-dealkylation sites (tertiary alicyclic amines) is 1. The van der Waals surface area contributed by atoms with Gasteiger partial charge in [-0.2, -0.15) is 9.97 Å². The van der Waals surface area contributed by atoms with Gasteiger partial charge in [0.2, 0.25) is 5.91 Å². The van der Waals surface area contributed by atoms with E-state index in [2.05, 4.69) is 20.3 Å². The number of methoxy groups -OCH3 is 1. The number of hydrogen-bond acceptors (Lipinski definition) is 7. The van der Waals surface area contributed by atoms with Crippen LogP contribution in [-0.2, 0) is 4.79 Å². The summed E-state index contributed by atoms with van der Waals surface area (Å²) in [6.07, 6.45) is 6.81. The molecular formula is C29H27ClF2N6O2. The topological polar surface area (TPSA) is 83.5 Å². The van der Waals surface area contributed by atoms with E-state index < -0.39 is 11.6 Å². The summed E-state index contributed by atoms with van der Waals surface area (Å²) in [7, 11) is 3.27. The zero-order valence-electron chi connectivity index (χ0n) is 22.0. The summed E-state index contributed by atoms with van der Waals surface area (Å²) in [4.78, 5) is 29.7. The number of benzene rings is 2. The minimum absolute atomic E-state index is 0.00532. The molecule has 206 valence electrons. The van der Waals surface area contributed by atoms with Crippen molar-refractivity contribution in [2.24, 2.45) is 0 Å². The fourth-order valence-corrected chi connectivity index (χ4v) is 5.56. The third-order valence-electron chi connectivity index (χ3n) is 7.71. The molecule has 1 amide bonds. The highest BCUT2D eigenvalue weighted by molar-refractivity contribution is 6.36. The molecule has 0 radical (unpaired) electrons. The Labute approximate surface area is 234 Å². The van der Waals surface area contributed by atoms with Crippen LogP contribution in [0.5, 0.6) is 6.01 Å². The second-order valence-electron chi connectivity index (χ2n) is 10.0. The minimum atomic E-state index is -0.696. The molecule has 2 atom stereocenters. The van der Waals surface area contributed by atoms with Crippen molar-refractivity contribution in [1.29, 1.82) is 0 Å². The molecule has 1 N–H and O–H groups in total. The average Bonchev–Trinajstić information content (AvgIpc) is 3.44. The second kappa shape index (κ2) is 10.6. The summed E-state index contributed by atoms with van der Waals surface area (Å²) in [5.41, 5.74) is 0.361. The number of ether oxygens (including phenoxy) is 1. The first-order valence-electron chi connectivity index (χ1n) is 13.1. The highest BCUT2D eigenvalue weighted by atomic mass is 35.5. The molecule has 4 heterocycles. The molecule has 40 heavy (non-hydrogen) atoms. The second-order valence-corrected chi connectivity index (χ2v) is 10.4. The number of hydrogen-bond donors (Lipinski definition) is 1. The maximum Gasteiger partial charge on any atom is 0.318 e. The first kappa shape index (κ1) is 26.3. The van der Waals surface area contributed by atoms with Gasteiger partial charge in [0, 0.05) is 55.4 Å². The van der Waals surface area contributed by atoms with Gasteiger partial charge >= 0.3 is 6.01 Å². The van der Waals surface area contributed by atoms with Crippen LogP contribution in [0.4, 0.5) is 14.6 Å². The molecule has 11 heteroatoms. The van der Waals surface area contributed by atoms with Crippen LogP contribution in [0.25, 0.3) is 32.9 Å². The van der Waals surface area contributed by atoms with Crippen molar-refractivity contribution in [2.75, 3.05) is 38.7 Å². The van der Waals surface area contributed by atoms with Gasteiger partial charge in [0.05, 0.1) is 17.5 Å². The molecule has 4 aromatic rings. The van der Waals surface area contributed by atoms with Crippen molar-refractivity contribution in [1.82, 2.24) is 25.2 Å². The van der Waals surface area contributed by atoms with Gasteiger partial charge in [-0.15, -0.1) is 0 Å². The molecule has 0 aliphatic carbocycles. The molecule has 2 fully saturated rings. The Kier molecular flexibility index (Phi) is 6.97. The molecule has 6 rings (SSSR count). The summed E-state index contributed by atoms with van der Waals surface area (Å²) >= 11 is 6.31. The lowest BCUT2D eigenvalue weighted by molar-refractivity contribution is -0.125. The zero-order valence-corrected chi connectivity index (χ0v) is 22.8. The number of carbonyl (C=O) groups excluding carboxylic acids is 1. The Balaban J connectivity index is 1.36. The summed E-state index contributed by atoms with van der Waals surface area (Å²) in [6.45, 7) is 2.08. The van der Waals surface area contributed by atoms with Crippen LogP contribution in [0.3, 0.4) is 0 Å². The number of nitrogens with zero attached hydrogens (tertiary/aromatic N) is 5. The smallest absolute Gasteiger partial charge is 0.318 e. The van der Waals surface area contributed by atoms with Crippen LogP contribution >= 0.6 is 11.6 Å². The number of halogens is 3. The average molecular weight is 565 g/mol. The Morgan fingerprint density at radius 1 is 1.23 bits per heavy atom. The van der Waals surface area contributed by atoms with Crippen molar-refractivity contribution in [3.63, 3.8) is 0 Å². The molecule has 2 aromatic heterocycles. The molecule has 2 aliphatic rings. The molecule has 0 spiro atoms. The number of fused-ring (bicyclic) bond motifs is 2. The van der Waals surface area contributed by atoms with Crippen LogP contribution < -0.4 is 15.0 Å². The van der Waals surface area contributed by atoms with Gasteiger partial charge in [0.25, 0.3) is 0 Å². The monoisotopic (exact) mass is 564 g/mol. The predicted molar refractivity (Wildman–Crippen MR) is 151 cm³/mol. The van der Waals surface area contributed by atoms with E-state index in [9.17, 15) is 9.18 Å². The van der Waals surface area contributed by atoms with Gasteiger partial charge in [-0.25, -0.2) is 8.78 Å². The van der Waals surface area contributed by atoms with Crippen LogP contribution in [0.15, 0.2) is 48.7 Å². The first-order valence-corrected chi connectivity index (χ1v) is 13.4. The summed E-state index contributed by atoms with van der Waals surface area (Å²) in [6, 6.07) is 8.24. The van der Waals surface area contributed by atoms with Gasteiger partial charge in [-0.3, -0.25) is 9.78 Å². The third-order valence-corrected chi connectivity index (χ3v) is 8.08. The van der Waals surface area contributed by atoms with Gasteiger partial charge in [-0.05, 0) is 30.8 Å². The number of anilines is 1. The van der Waals surface area contributed by atoms with Crippen molar-refractivity contribution in [3.05, 3.63) is 65.3 Å². The lowest BCUT2D eigenvalue weighted by Crippen LogP contribution is -2.41. The van der Waals surface area contributed by atoms with Crippen molar-refractivity contribution < 1.29 is 18.3 Å². The van der Waals surface area contributed by atoms with E-state index in [1.807, 2.05) is 18.0 Å². The molecule has 2 unspecified atom stereocenters. The van der Waals surface area contributed by atoms with Crippen molar-refractivity contribution >= 4 is 45.0 Å². The normalized spacial score (nSPS) is 19.0. The molecule has 2 aliphatic heterocycles. The van der Waals surface area contributed by atoms with Crippen LogP contribution in [0.1, 0.15) is 12.8 Å². The molecule has 2 saturated heterocycles. The fourth-order valence-electron chi connectivity index (χ4n) is 5.29. The minimum Gasteiger partial charge on any atom is -0.467 e. The highest BCUT2D eigenvalue weighted by Crippen LogP contribution is 2.38. The number of likely N-dealkylation sites (N-methyl/N-ethyl adjacent to an activating group) is 1. The summed E-state index contributed by atoms with van der Waals surface area (Å²) in [5, 5.41) is 4.56. The van der Waals surface area contributed by atoms with Gasteiger partial charge < -0.3 is 19.9 Å². The Bertz CT molecular complexity index is 1660. The van der Waals surface area contributed by atoms with Crippen molar-refractivity contribution in [3.8, 4) is 17.3 Å². The quantitative estimate of drug-likeness (QED) is 0.339. The first-order chi connectivity index (χ1) is 19.4. The van der Waals surface area contributed by atoms with E-state index in [1.165, 1.54) is 19.4 Å². The van der Waals surface area contributed by atoms with Gasteiger partial charge in [0.15, 0.2) is 5.82 Å². The van der Waals surface area contributed by atoms with Crippen LogP contribution in [0, 0.1) is 11.6 Å². The number of rotatable bonds is 6. The standard InChI is InChI=1S/C29H27ClF2N6O2/c1-37(18-11-13-38(15-18)22(39)9-7-17-10-12-33-17)28-20-14-34-26(25(32)27(20)35-29(36-28)40-2)19-5-3-4-16-6-8-21(31)24(30)23(16)19/h3-9,14,17-18,33H,10-13,15H2,1-2H3/b9-7+. The van der Waals surface area contributed by atoms with Crippen LogP contribution in [0.2, 0.25) is 5.02 Å². The molecule has 0 bridgehead atoms. The largest absolute Gasteiger partial charge is 0.467 e. The van der Waals surface area contributed by atoms with E-state index in [0.717, 1.165) is 19.4 Å². The van der Waals surface area contributed by atoms with E-state index in [4.69, 9.17) is 16.3 Å². The number of carbonyl (C=O) groups is 1. The molecule has 2 aromatic carbocycles. The zero-order chi connectivity index (χ0) is 28.0. The summed E-state index contributed by atoms with van der Waals surface area (Å²) in [5.74, 6) is -0.888. The third kappa shape index (κ3) is 4.61. The lowest BCUT2D eigenvalue weighted by Gasteiger charge is -2.27. The highest BCUT2D eigenvalue weighted by Gasteiger charge is 2.31. The maximum absolute atomic E-state index is 16.2.